The summed E-state index contributed by atoms with van der Waals surface area (Å²) in [6.45, 7) is 9.07. The van der Waals surface area contributed by atoms with E-state index in [1.807, 2.05) is 50.2 Å². The largest absolute Gasteiger partial charge is 0.495 e. The van der Waals surface area contributed by atoms with Gasteiger partial charge in [0.1, 0.15) is 5.82 Å². The minimum atomic E-state index is -0.631. The molecule has 9 heteroatoms. The summed E-state index contributed by atoms with van der Waals surface area (Å²) in [6, 6.07) is 13.4. The summed E-state index contributed by atoms with van der Waals surface area (Å²) in [4.78, 5) is 21.7. The molecule has 1 aromatic heterocycles. The topological polar surface area (TPSA) is 94.6 Å². The third-order valence-electron chi connectivity index (χ3n) is 5.54. The van der Waals surface area contributed by atoms with Crippen molar-refractivity contribution in [1.82, 2.24) is 9.97 Å². The Morgan fingerprint density at radius 2 is 1.74 bits per heavy atom. The maximum Gasteiger partial charge on any atom is 0.495 e. The van der Waals surface area contributed by atoms with Crippen LogP contribution in [-0.2, 0) is 14.0 Å². The highest BCUT2D eigenvalue weighted by atomic mass is 16.6. The van der Waals surface area contributed by atoms with Gasteiger partial charge in [0, 0.05) is 41.8 Å². The number of para-hydroxylation sites is 1. The molecule has 0 spiro atoms. The standard InChI is InChI=1S/C25H29BN4O4/c1-16-11-19(12-20(23(31)32-5)21(16)26-33-14-25(3,4)15-34-26)29-24-27-13-17(2)22(30-24)28-18-9-7-6-8-10-18/h6-13H,14-15H2,1-5H3,(H2,27,28,29,30). The van der Waals surface area contributed by atoms with Crippen molar-refractivity contribution in [2.75, 3.05) is 31.0 Å². The van der Waals surface area contributed by atoms with Gasteiger partial charge in [0.15, 0.2) is 0 Å². The monoisotopic (exact) mass is 460 g/mol. The van der Waals surface area contributed by atoms with Gasteiger partial charge in [0.25, 0.3) is 0 Å². The van der Waals surface area contributed by atoms with E-state index in [4.69, 9.17) is 14.0 Å². The first-order chi connectivity index (χ1) is 16.3. The second-order valence-electron chi connectivity index (χ2n) is 9.21. The highest BCUT2D eigenvalue weighted by molar-refractivity contribution is 6.63. The van der Waals surface area contributed by atoms with Crippen LogP contribution in [0, 0.1) is 19.3 Å². The Labute approximate surface area is 200 Å². The molecule has 0 atom stereocenters. The molecule has 0 radical (unpaired) electrons. The van der Waals surface area contributed by atoms with Crippen LogP contribution >= 0.6 is 0 Å². The summed E-state index contributed by atoms with van der Waals surface area (Å²) in [5.74, 6) is 0.630. The molecule has 0 aliphatic carbocycles. The summed E-state index contributed by atoms with van der Waals surface area (Å²) < 4.78 is 17.0. The van der Waals surface area contributed by atoms with E-state index in [0.717, 1.165) is 16.8 Å². The molecule has 0 saturated carbocycles. The number of carbonyl (C=O) groups is 1. The molecule has 2 aromatic carbocycles. The van der Waals surface area contributed by atoms with E-state index in [0.29, 0.717) is 41.7 Å². The lowest BCUT2D eigenvalue weighted by molar-refractivity contribution is 0.0339. The molecule has 34 heavy (non-hydrogen) atoms. The van der Waals surface area contributed by atoms with E-state index in [1.54, 1.807) is 12.3 Å². The van der Waals surface area contributed by atoms with Crippen molar-refractivity contribution in [1.29, 1.82) is 0 Å². The first kappa shape index (κ1) is 23.7. The lowest BCUT2D eigenvalue weighted by Crippen LogP contribution is -2.50. The zero-order valence-electron chi connectivity index (χ0n) is 20.1. The lowest BCUT2D eigenvalue weighted by Gasteiger charge is -2.34. The van der Waals surface area contributed by atoms with E-state index in [2.05, 4.69) is 34.4 Å². The minimum absolute atomic E-state index is 0.0778. The number of benzene rings is 2. The Hall–Kier alpha value is -3.43. The van der Waals surface area contributed by atoms with Crippen molar-refractivity contribution in [2.24, 2.45) is 5.41 Å². The first-order valence-corrected chi connectivity index (χ1v) is 11.1. The highest BCUT2D eigenvalue weighted by Crippen LogP contribution is 2.25. The number of anilines is 4. The SMILES string of the molecule is COC(=O)c1cc(Nc2ncc(C)c(Nc3ccccc3)n2)cc(C)c1B1OCC(C)(C)CO1. The van der Waals surface area contributed by atoms with Gasteiger partial charge in [-0.15, -0.1) is 0 Å². The molecular weight excluding hydrogens is 431 g/mol. The average Bonchev–Trinajstić information content (AvgIpc) is 2.81. The van der Waals surface area contributed by atoms with Gasteiger partial charge in [-0.2, -0.15) is 4.98 Å². The van der Waals surface area contributed by atoms with Gasteiger partial charge in [-0.1, -0.05) is 32.0 Å². The quantitative estimate of drug-likeness (QED) is 0.419. The fraction of sp³-hybridized carbons (Fsp3) is 0.320. The zero-order valence-corrected chi connectivity index (χ0v) is 20.1. The number of carbonyl (C=O) groups excluding carboxylic acids is 1. The number of rotatable bonds is 6. The van der Waals surface area contributed by atoms with Gasteiger partial charge in [-0.05, 0) is 49.1 Å². The van der Waals surface area contributed by atoms with E-state index in [1.165, 1.54) is 7.11 Å². The van der Waals surface area contributed by atoms with Crippen LogP contribution in [-0.4, -0.2) is 43.4 Å². The molecule has 0 amide bonds. The van der Waals surface area contributed by atoms with Gasteiger partial charge < -0.3 is 24.7 Å². The normalized spacial score (nSPS) is 15.0. The molecule has 1 aliphatic heterocycles. The van der Waals surface area contributed by atoms with Crippen molar-refractivity contribution in [2.45, 2.75) is 27.7 Å². The molecule has 3 aromatic rings. The number of nitrogens with one attached hydrogen (secondary N) is 2. The number of nitrogens with zero attached hydrogens (tertiary/aromatic N) is 2. The number of ether oxygens (including phenoxy) is 1. The van der Waals surface area contributed by atoms with Crippen LogP contribution in [0.1, 0.15) is 35.3 Å². The average molecular weight is 460 g/mol. The number of hydrogen-bond donors (Lipinski definition) is 2. The van der Waals surface area contributed by atoms with Crippen molar-refractivity contribution in [3.05, 3.63) is 65.4 Å². The lowest BCUT2D eigenvalue weighted by atomic mass is 9.71. The number of aromatic nitrogens is 2. The predicted molar refractivity (Wildman–Crippen MR) is 133 cm³/mol. The number of methoxy groups -OCH3 is 1. The smallest absolute Gasteiger partial charge is 0.465 e. The molecular formula is C25H29BN4O4. The van der Waals surface area contributed by atoms with Crippen molar-refractivity contribution >= 4 is 41.7 Å². The molecule has 0 unspecified atom stereocenters. The number of esters is 1. The third kappa shape index (κ3) is 5.38. The van der Waals surface area contributed by atoms with Gasteiger partial charge in [0.05, 0.1) is 12.7 Å². The van der Waals surface area contributed by atoms with E-state index in [9.17, 15) is 4.79 Å². The molecule has 2 N–H and O–H groups in total. The molecule has 0 bridgehead atoms. The van der Waals surface area contributed by atoms with E-state index in [-0.39, 0.29) is 5.41 Å². The van der Waals surface area contributed by atoms with E-state index < -0.39 is 13.1 Å². The molecule has 1 fully saturated rings. The van der Waals surface area contributed by atoms with Gasteiger partial charge in [0.2, 0.25) is 5.95 Å². The maximum absolute atomic E-state index is 12.7. The van der Waals surface area contributed by atoms with E-state index >= 15 is 0 Å². The zero-order chi connectivity index (χ0) is 24.3. The van der Waals surface area contributed by atoms with Crippen LogP contribution in [0.25, 0.3) is 0 Å². The summed E-state index contributed by atoms with van der Waals surface area (Å²) in [5.41, 5.74) is 4.31. The van der Waals surface area contributed by atoms with Crippen LogP contribution in [0.2, 0.25) is 0 Å². The molecule has 2 heterocycles. The molecule has 1 saturated heterocycles. The number of hydrogen-bond acceptors (Lipinski definition) is 8. The van der Waals surface area contributed by atoms with Crippen LogP contribution in [0.3, 0.4) is 0 Å². The Morgan fingerprint density at radius 3 is 2.41 bits per heavy atom. The number of aryl methyl sites for hydroxylation is 2. The second-order valence-corrected chi connectivity index (χ2v) is 9.21. The highest BCUT2D eigenvalue weighted by Gasteiger charge is 2.37. The Balaban J connectivity index is 1.62. The molecule has 8 nitrogen and oxygen atoms in total. The summed E-state index contributed by atoms with van der Waals surface area (Å²) >= 11 is 0. The minimum Gasteiger partial charge on any atom is -0.465 e. The van der Waals surface area contributed by atoms with Gasteiger partial charge in [-0.25, -0.2) is 9.78 Å². The summed E-state index contributed by atoms with van der Waals surface area (Å²) in [6.07, 6.45) is 1.74. The molecule has 176 valence electrons. The Bertz CT molecular complexity index is 1180. The van der Waals surface area contributed by atoms with Gasteiger partial charge >= 0.3 is 13.1 Å². The van der Waals surface area contributed by atoms with Crippen LogP contribution in [0.5, 0.6) is 0 Å². The molecule has 1 aliphatic rings. The van der Waals surface area contributed by atoms with Crippen LogP contribution in [0.4, 0.5) is 23.1 Å². The predicted octanol–water partition coefficient (Wildman–Crippen LogP) is 4.14. The van der Waals surface area contributed by atoms with Gasteiger partial charge in [-0.3, -0.25) is 0 Å². The Morgan fingerprint density at radius 1 is 1.03 bits per heavy atom. The first-order valence-electron chi connectivity index (χ1n) is 11.1. The third-order valence-corrected chi connectivity index (χ3v) is 5.54. The van der Waals surface area contributed by atoms with Crippen LogP contribution in [0.15, 0.2) is 48.7 Å². The van der Waals surface area contributed by atoms with Crippen LogP contribution < -0.4 is 16.1 Å². The van der Waals surface area contributed by atoms with Crippen molar-refractivity contribution in [3.63, 3.8) is 0 Å². The summed E-state index contributed by atoms with van der Waals surface area (Å²) in [7, 11) is 0.728. The molecule has 4 rings (SSSR count). The maximum atomic E-state index is 12.7. The fourth-order valence-corrected chi connectivity index (χ4v) is 3.74. The Kier molecular flexibility index (Phi) is 6.86. The second kappa shape index (κ2) is 9.83. The fourth-order valence-electron chi connectivity index (χ4n) is 3.74. The van der Waals surface area contributed by atoms with Crippen molar-refractivity contribution in [3.8, 4) is 0 Å². The van der Waals surface area contributed by atoms with Crippen molar-refractivity contribution < 1.29 is 18.8 Å². The summed E-state index contributed by atoms with van der Waals surface area (Å²) in [5, 5.41) is 6.52.